The summed E-state index contributed by atoms with van der Waals surface area (Å²) in [5, 5.41) is 3.31. The number of H-pyrrole nitrogens is 1. The van der Waals surface area contributed by atoms with Crippen molar-refractivity contribution >= 4 is 22.5 Å². The molecule has 0 radical (unpaired) electrons. The molecule has 0 aliphatic carbocycles. The predicted octanol–water partition coefficient (Wildman–Crippen LogP) is 3.58. The smallest absolute Gasteiger partial charge is 0.261 e. The Balaban J connectivity index is 1.86. The van der Waals surface area contributed by atoms with Crippen molar-refractivity contribution in [1.29, 1.82) is 0 Å². The molecule has 0 unspecified atom stereocenters. The zero-order valence-corrected chi connectivity index (χ0v) is 14.8. The average molecular weight is 349 g/mol. The second-order valence-electron chi connectivity index (χ2n) is 6.32. The number of carbonyl (C=O) groups excluding carboxylic acids is 1. The molecule has 3 aromatic rings. The van der Waals surface area contributed by atoms with Crippen LogP contribution in [-0.4, -0.2) is 10.9 Å². The highest BCUT2D eigenvalue weighted by Crippen LogP contribution is 2.18. The van der Waals surface area contributed by atoms with E-state index in [0.29, 0.717) is 23.1 Å². The number of rotatable bonds is 6. The first-order valence-corrected chi connectivity index (χ1v) is 8.87. The van der Waals surface area contributed by atoms with Gasteiger partial charge in [0.1, 0.15) is 5.56 Å². The average Bonchev–Trinajstić information content (AvgIpc) is 2.67. The molecule has 1 amide bonds. The van der Waals surface area contributed by atoms with Crippen molar-refractivity contribution in [1.82, 2.24) is 4.98 Å². The van der Waals surface area contributed by atoms with E-state index in [-0.39, 0.29) is 11.0 Å². The Bertz CT molecular complexity index is 992. The molecule has 1 aromatic heterocycles. The van der Waals surface area contributed by atoms with E-state index < -0.39 is 5.91 Å². The van der Waals surface area contributed by atoms with Crippen LogP contribution in [-0.2, 0) is 13.0 Å². The van der Waals surface area contributed by atoms with Crippen molar-refractivity contribution in [2.45, 2.75) is 32.7 Å². The molecule has 26 heavy (non-hydrogen) atoms. The van der Waals surface area contributed by atoms with Crippen molar-refractivity contribution in [3.63, 3.8) is 0 Å². The molecule has 4 N–H and O–H groups in total. The van der Waals surface area contributed by atoms with Gasteiger partial charge in [0.15, 0.2) is 0 Å². The summed E-state index contributed by atoms with van der Waals surface area (Å²) in [6.45, 7) is 2.57. The molecule has 134 valence electrons. The third-order valence-corrected chi connectivity index (χ3v) is 4.52. The Kier molecular flexibility index (Phi) is 5.49. The van der Waals surface area contributed by atoms with Crippen molar-refractivity contribution in [3.05, 3.63) is 75.6 Å². The molecule has 0 atom stereocenters. The third-order valence-electron chi connectivity index (χ3n) is 4.52. The molecule has 0 aliphatic heterocycles. The number of hydrogen-bond acceptors (Lipinski definition) is 3. The van der Waals surface area contributed by atoms with Crippen LogP contribution in [0.15, 0.2) is 53.5 Å². The van der Waals surface area contributed by atoms with Gasteiger partial charge in [-0.15, -0.1) is 0 Å². The minimum Gasteiger partial charge on any atom is -0.360 e. The first-order valence-electron chi connectivity index (χ1n) is 8.87. The second kappa shape index (κ2) is 7.97. The molecular weight excluding hydrogens is 326 g/mol. The van der Waals surface area contributed by atoms with Gasteiger partial charge in [-0.25, -0.2) is 0 Å². The van der Waals surface area contributed by atoms with E-state index in [0.717, 1.165) is 24.8 Å². The van der Waals surface area contributed by atoms with Crippen LogP contribution >= 0.6 is 0 Å². The molecule has 5 heteroatoms. The summed E-state index contributed by atoms with van der Waals surface area (Å²) in [6.07, 6.45) is 4.65. The van der Waals surface area contributed by atoms with Gasteiger partial charge in [-0.3, -0.25) is 9.59 Å². The lowest BCUT2D eigenvalue weighted by molar-refractivity contribution is 0.102. The van der Waals surface area contributed by atoms with Crippen LogP contribution < -0.4 is 16.5 Å². The van der Waals surface area contributed by atoms with E-state index in [4.69, 9.17) is 5.73 Å². The number of pyridine rings is 1. The summed E-state index contributed by atoms with van der Waals surface area (Å²) in [5.41, 5.74) is 9.23. The number of aryl methyl sites for hydroxylation is 1. The van der Waals surface area contributed by atoms with Crippen molar-refractivity contribution in [2.24, 2.45) is 5.73 Å². The molecular formula is C21H23N3O2. The number of nitrogens with one attached hydrogen (secondary N) is 2. The second-order valence-corrected chi connectivity index (χ2v) is 6.32. The van der Waals surface area contributed by atoms with E-state index in [2.05, 4.69) is 17.2 Å². The van der Waals surface area contributed by atoms with Crippen LogP contribution in [0.5, 0.6) is 0 Å². The molecule has 2 aromatic carbocycles. The highest BCUT2D eigenvalue weighted by molar-refractivity contribution is 6.05. The number of nitrogens with two attached hydrogens (primary N) is 1. The van der Waals surface area contributed by atoms with Gasteiger partial charge in [-0.2, -0.15) is 0 Å². The number of anilines is 1. The lowest BCUT2D eigenvalue weighted by Gasteiger charge is -2.11. The summed E-state index contributed by atoms with van der Waals surface area (Å²) in [4.78, 5) is 28.1. The maximum Gasteiger partial charge on any atom is 0.261 e. The number of fused-ring (bicyclic) bond motifs is 1. The highest BCUT2D eigenvalue weighted by Gasteiger charge is 2.13. The zero-order valence-electron chi connectivity index (χ0n) is 14.8. The van der Waals surface area contributed by atoms with E-state index in [1.165, 1.54) is 11.8 Å². The van der Waals surface area contributed by atoms with E-state index in [1.807, 2.05) is 24.3 Å². The fourth-order valence-electron chi connectivity index (χ4n) is 3.04. The number of hydrogen-bond donors (Lipinski definition) is 3. The van der Waals surface area contributed by atoms with Crippen LogP contribution in [0.4, 0.5) is 5.69 Å². The highest BCUT2D eigenvalue weighted by atomic mass is 16.2. The summed E-state index contributed by atoms with van der Waals surface area (Å²) in [7, 11) is 0. The SMILES string of the molecule is CCCCc1ccc(NC(=O)c2c[nH]c3ccccc3c2=O)cc1CN. The number of benzene rings is 2. The lowest BCUT2D eigenvalue weighted by atomic mass is 10.0. The van der Waals surface area contributed by atoms with Gasteiger partial charge in [0, 0.05) is 29.3 Å². The van der Waals surface area contributed by atoms with Crippen LogP contribution in [0.3, 0.4) is 0 Å². The van der Waals surface area contributed by atoms with Gasteiger partial charge in [0.25, 0.3) is 5.91 Å². The van der Waals surface area contributed by atoms with Crippen molar-refractivity contribution < 1.29 is 4.79 Å². The maximum absolute atomic E-state index is 12.6. The van der Waals surface area contributed by atoms with Crippen molar-refractivity contribution in [2.75, 3.05) is 5.32 Å². The zero-order chi connectivity index (χ0) is 18.5. The number of amides is 1. The topological polar surface area (TPSA) is 88.0 Å². The standard InChI is InChI=1S/C21H23N3O2/c1-2-3-6-14-9-10-16(11-15(14)12-22)24-21(26)18-13-23-19-8-5-4-7-17(19)20(18)25/h4-5,7-11,13H,2-3,6,12,22H2,1H3,(H,23,25)(H,24,26). The number of unbranched alkanes of at least 4 members (excludes halogenated alkanes) is 1. The van der Waals surface area contributed by atoms with Gasteiger partial charge in [-0.1, -0.05) is 31.5 Å². The van der Waals surface area contributed by atoms with Crippen LogP contribution in [0, 0.1) is 0 Å². The normalized spacial score (nSPS) is 10.8. The summed E-state index contributed by atoms with van der Waals surface area (Å²) in [6, 6.07) is 12.9. The Hall–Kier alpha value is -2.92. The number of aromatic nitrogens is 1. The molecule has 0 saturated heterocycles. The van der Waals surface area contributed by atoms with Gasteiger partial charge in [0.2, 0.25) is 5.43 Å². The quantitative estimate of drug-likeness (QED) is 0.635. The molecule has 0 fully saturated rings. The van der Waals surface area contributed by atoms with Crippen LogP contribution in [0.2, 0.25) is 0 Å². The Morgan fingerprint density at radius 2 is 1.96 bits per heavy atom. The van der Waals surface area contributed by atoms with Gasteiger partial charge >= 0.3 is 0 Å². The van der Waals surface area contributed by atoms with E-state index >= 15 is 0 Å². The molecule has 1 heterocycles. The Morgan fingerprint density at radius 1 is 1.15 bits per heavy atom. The lowest BCUT2D eigenvalue weighted by Crippen LogP contribution is -2.22. The molecule has 0 spiro atoms. The minimum absolute atomic E-state index is 0.0908. The van der Waals surface area contributed by atoms with Gasteiger partial charge in [-0.05, 0) is 48.2 Å². The number of para-hydroxylation sites is 1. The Labute approximate surface area is 152 Å². The largest absolute Gasteiger partial charge is 0.360 e. The number of carbonyl (C=O) groups is 1. The summed E-state index contributed by atoms with van der Waals surface area (Å²) in [5.74, 6) is -0.429. The van der Waals surface area contributed by atoms with Crippen LogP contribution in [0.1, 0.15) is 41.3 Å². The predicted molar refractivity (Wildman–Crippen MR) is 105 cm³/mol. The molecule has 0 aliphatic rings. The minimum atomic E-state index is -0.429. The summed E-state index contributed by atoms with van der Waals surface area (Å²) < 4.78 is 0. The fraction of sp³-hybridized carbons (Fsp3) is 0.238. The fourth-order valence-corrected chi connectivity index (χ4v) is 3.04. The molecule has 0 saturated carbocycles. The molecule has 5 nitrogen and oxygen atoms in total. The maximum atomic E-state index is 12.6. The van der Waals surface area contributed by atoms with E-state index in [1.54, 1.807) is 18.2 Å². The third kappa shape index (κ3) is 3.68. The number of aromatic amines is 1. The summed E-state index contributed by atoms with van der Waals surface area (Å²) >= 11 is 0. The van der Waals surface area contributed by atoms with Crippen molar-refractivity contribution in [3.8, 4) is 0 Å². The van der Waals surface area contributed by atoms with Gasteiger partial charge < -0.3 is 16.0 Å². The molecule has 0 bridgehead atoms. The van der Waals surface area contributed by atoms with E-state index in [9.17, 15) is 9.59 Å². The molecule has 3 rings (SSSR count). The van der Waals surface area contributed by atoms with Gasteiger partial charge in [0.05, 0.1) is 0 Å². The first-order chi connectivity index (χ1) is 12.6. The first kappa shape index (κ1) is 17.9. The Morgan fingerprint density at radius 3 is 2.73 bits per heavy atom. The monoisotopic (exact) mass is 349 g/mol. The van der Waals surface area contributed by atoms with Crippen LogP contribution in [0.25, 0.3) is 10.9 Å².